The van der Waals surface area contributed by atoms with Gasteiger partial charge in [-0.3, -0.25) is 4.79 Å². The van der Waals surface area contributed by atoms with E-state index >= 15 is 0 Å². The van der Waals surface area contributed by atoms with E-state index in [1.807, 2.05) is 60.7 Å². The molecule has 1 amide bonds. The summed E-state index contributed by atoms with van der Waals surface area (Å²) in [6.07, 6.45) is 3.46. The molecule has 1 heterocycles. The molecule has 4 aromatic rings. The molecule has 1 atom stereocenters. The van der Waals surface area contributed by atoms with E-state index in [2.05, 4.69) is 41.5 Å². The maximum absolute atomic E-state index is 12.7. The van der Waals surface area contributed by atoms with Crippen molar-refractivity contribution in [3.8, 4) is 11.3 Å². The normalized spacial score (nSPS) is 11.8. The number of oxazole rings is 1. The largest absolute Gasteiger partial charge is 0.441 e. The average Bonchev–Trinajstić information content (AvgIpc) is 3.28. The first-order chi connectivity index (χ1) is 15.2. The Hall–Kier alpha value is -3.66. The molecule has 0 saturated carbocycles. The number of amides is 1. The summed E-state index contributed by atoms with van der Waals surface area (Å²) in [4.78, 5) is 17.1. The van der Waals surface area contributed by atoms with E-state index in [1.165, 1.54) is 5.56 Å². The van der Waals surface area contributed by atoms with Crippen molar-refractivity contribution in [1.29, 1.82) is 0 Å². The Morgan fingerprint density at radius 2 is 1.55 bits per heavy atom. The fraction of sp³-hybridized carbons (Fsp3) is 0.185. The maximum Gasteiger partial charge on any atom is 0.220 e. The Balaban J connectivity index is 1.36. The van der Waals surface area contributed by atoms with Gasteiger partial charge in [-0.1, -0.05) is 90.5 Å². The minimum atomic E-state index is -0.166. The first-order valence-electron chi connectivity index (χ1n) is 10.6. The second-order valence-corrected chi connectivity index (χ2v) is 7.66. The van der Waals surface area contributed by atoms with Gasteiger partial charge < -0.3 is 9.73 Å². The number of benzene rings is 3. The molecule has 31 heavy (non-hydrogen) atoms. The Morgan fingerprint density at radius 3 is 2.26 bits per heavy atom. The van der Waals surface area contributed by atoms with Crippen LogP contribution in [0.4, 0.5) is 0 Å². The fourth-order valence-corrected chi connectivity index (χ4v) is 3.56. The van der Waals surface area contributed by atoms with Crippen LogP contribution in [0.2, 0.25) is 0 Å². The van der Waals surface area contributed by atoms with Crippen molar-refractivity contribution in [2.75, 3.05) is 0 Å². The zero-order valence-corrected chi connectivity index (χ0v) is 17.6. The highest BCUT2D eigenvalue weighted by Gasteiger charge is 2.17. The zero-order valence-electron chi connectivity index (χ0n) is 17.6. The van der Waals surface area contributed by atoms with Crippen LogP contribution in [0.5, 0.6) is 0 Å². The van der Waals surface area contributed by atoms with Gasteiger partial charge in [-0.2, -0.15) is 0 Å². The van der Waals surface area contributed by atoms with Gasteiger partial charge in [0.05, 0.1) is 12.2 Å². The van der Waals surface area contributed by atoms with Crippen LogP contribution in [0.15, 0.2) is 95.5 Å². The Labute approximate surface area is 183 Å². The smallest absolute Gasteiger partial charge is 0.220 e. The van der Waals surface area contributed by atoms with Gasteiger partial charge in [-0.25, -0.2) is 4.98 Å². The maximum atomic E-state index is 12.7. The standard InChI is InChI=1S/C27H26N2O2/c1-20-15-17-23(18-16-20)27(22-11-6-3-7-12-22)29-25(30)13-8-14-26-28-19-24(31-26)21-9-4-2-5-10-21/h2-7,9-12,15-19,27H,8,13-14H2,1H3,(H,29,30). The Morgan fingerprint density at radius 1 is 0.903 bits per heavy atom. The van der Waals surface area contributed by atoms with Crippen molar-refractivity contribution in [1.82, 2.24) is 10.3 Å². The number of rotatable bonds is 8. The predicted octanol–water partition coefficient (Wildman–Crippen LogP) is 5.88. The van der Waals surface area contributed by atoms with Crippen molar-refractivity contribution >= 4 is 5.91 Å². The molecule has 4 heteroatoms. The molecule has 156 valence electrons. The molecule has 1 unspecified atom stereocenters. The third kappa shape index (κ3) is 5.48. The van der Waals surface area contributed by atoms with Crippen LogP contribution < -0.4 is 5.32 Å². The van der Waals surface area contributed by atoms with Gasteiger partial charge in [0.1, 0.15) is 0 Å². The number of carbonyl (C=O) groups is 1. The van der Waals surface area contributed by atoms with Crippen LogP contribution in [0.3, 0.4) is 0 Å². The molecular formula is C27H26N2O2. The lowest BCUT2D eigenvalue weighted by Gasteiger charge is -2.20. The van der Waals surface area contributed by atoms with Crippen molar-refractivity contribution in [2.45, 2.75) is 32.2 Å². The number of nitrogens with zero attached hydrogens (tertiary/aromatic N) is 1. The fourth-order valence-electron chi connectivity index (χ4n) is 3.56. The van der Waals surface area contributed by atoms with Crippen LogP contribution in [-0.4, -0.2) is 10.9 Å². The van der Waals surface area contributed by atoms with Crippen molar-refractivity contribution in [3.05, 3.63) is 114 Å². The lowest BCUT2D eigenvalue weighted by atomic mass is 9.97. The molecular weight excluding hydrogens is 384 g/mol. The predicted molar refractivity (Wildman–Crippen MR) is 122 cm³/mol. The summed E-state index contributed by atoms with van der Waals surface area (Å²) in [6, 6.07) is 28.1. The average molecular weight is 411 g/mol. The van der Waals surface area contributed by atoms with Crippen LogP contribution in [0, 0.1) is 6.92 Å². The lowest BCUT2D eigenvalue weighted by Crippen LogP contribution is -2.29. The van der Waals surface area contributed by atoms with Crippen LogP contribution >= 0.6 is 0 Å². The molecule has 0 aliphatic heterocycles. The van der Waals surface area contributed by atoms with E-state index in [9.17, 15) is 4.79 Å². The van der Waals surface area contributed by atoms with Crippen LogP contribution in [0.1, 0.15) is 41.5 Å². The molecule has 0 fully saturated rings. The van der Waals surface area contributed by atoms with Crippen LogP contribution in [0.25, 0.3) is 11.3 Å². The molecule has 3 aromatic carbocycles. The van der Waals surface area contributed by atoms with Gasteiger partial charge in [-0.05, 0) is 24.5 Å². The molecule has 0 saturated heterocycles. The first-order valence-corrected chi connectivity index (χ1v) is 10.6. The molecule has 0 aliphatic carbocycles. The zero-order chi connectivity index (χ0) is 21.5. The van der Waals surface area contributed by atoms with Crippen LogP contribution in [-0.2, 0) is 11.2 Å². The first kappa shape index (κ1) is 20.6. The van der Waals surface area contributed by atoms with E-state index < -0.39 is 0 Å². The highest BCUT2D eigenvalue weighted by Crippen LogP contribution is 2.23. The number of hydrogen-bond donors (Lipinski definition) is 1. The lowest BCUT2D eigenvalue weighted by molar-refractivity contribution is -0.121. The molecule has 4 nitrogen and oxygen atoms in total. The van der Waals surface area contributed by atoms with Gasteiger partial charge in [0, 0.05) is 18.4 Å². The number of hydrogen-bond acceptors (Lipinski definition) is 3. The van der Waals surface area contributed by atoms with Gasteiger partial charge in [0.25, 0.3) is 0 Å². The summed E-state index contributed by atoms with van der Waals surface area (Å²) in [5.41, 5.74) is 4.34. The quantitative estimate of drug-likeness (QED) is 0.395. The van der Waals surface area contributed by atoms with Crippen molar-refractivity contribution in [2.24, 2.45) is 0 Å². The second-order valence-electron chi connectivity index (χ2n) is 7.66. The molecule has 1 aromatic heterocycles. The van der Waals surface area contributed by atoms with Gasteiger partial charge in [0.15, 0.2) is 11.7 Å². The number of carbonyl (C=O) groups excluding carboxylic acids is 1. The summed E-state index contributed by atoms with van der Waals surface area (Å²) in [7, 11) is 0. The van der Waals surface area contributed by atoms with Gasteiger partial charge >= 0.3 is 0 Å². The Bertz CT molecular complexity index is 1100. The van der Waals surface area contributed by atoms with Gasteiger partial charge in [-0.15, -0.1) is 0 Å². The van der Waals surface area contributed by atoms with Crippen molar-refractivity contribution < 1.29 is 9.21 Å². The van der Waals surface area contributed by atoms with Gasteiger partial charge in [0.2, 0.25) is 5.91 Å². The molecule has 0 spiro atoms. The summed E-state index contributed by atoms with van der Waals surface area (Å²) < 4.78 is 5.84. The second kappa shape index (κ2) is 9.90. The minimum absolute atomic E-state index is 0.0178. The number of nitrogens with one attached hydrogen (secondary N) is 1. The summed E-state index contributed by atoms with van der Waals surface area (Å²) in [5.74, 6) is 1.43. The topological polar surface area (TPSA) is 55.1 Å². The molecule has 0 radical (unpaired) electrons. The molecule has 1 N–H and O–H groups in total. The van der Waals surface area contributed by atoms with E-state index in [4.69, 9.17) is 4.42 Å². The number of aryl methyl sites for hydroxylation is 2. The molecule has 4 rings (SSSR count). The number of aromatic nitrogens is 1. The highest BCUT2D eigenvalue weighted by molar-refractivity contribution is 5.77. The summed E-state index contributed by atoms with van der Waals surface area (Å²) >= 11 is 0. The van der Waals surface area contributed by atoms with E-state index in [-0.39, 0.29) is 11.9 Å². The van der Waals surface area contributed by atoms with E-state index in [0.29, 0.717) is 25.2 Å². The monoisotopic (exact) mass is 410 g/mol. The third-order valence-corrected chi connectivity index (χ3v) is 5.26. The summed E-state index contributed by atoms with van der Waals surface area (Å²) in [5, 5.41) is 3.20. The molecule has 0 aliphatic rings. The van der Waals surface area contributed by atoms with Crippen molar-refractivity contribution in [3.63, 3.8) is 0 Å². The highest BCUT2D eigenvalue weighted by atomic mass is 16.4. The van der Waals surface area contributed by atoms with E-state index in [0.717, 1.165) is 22.5 Å². The van der Waals surface area contributed by atoms with E-state index in [1.54, 1.807) is 6.20 Å². The third-order valence-electron chi connectivity index (χ3n) is 5.26. The minimum Gasteiger partial charge on any atom is -0.441 e. The molecule has 0 bridgehead atoms. The summed E-state index contributed by atoms with van der Waals surface area (Å²) in [6.45, 7) is 2.06. The SMILES string of the molecule is Cc1ccc(C(NC(=O)CCCc2ncc(-c3ccccc3)o2)c2ccccc2)cc1. The Kier molecular flexibility index (Phi) is 6.58.